The van der Waals surface area contributed by atoms with Crippen LogP contribution in [0.5, 0.6) is 0 Å². The number of aliphatic imine (C=N–C) groups is 1. The lowest BCUT2D eigenvalue weighted by atomic mass is 9.84. The number of guanidine groups is 1. The average molecular weight is 464 g/mol. The lowest BCUT2D eigenvalue weighted by Crippen LogP contribution is -2.49. The second kappa shape index (κ2) is 10.2. The number of nitrogens with zero attached hydrogens (tertiary/aromatic N) is 2. The van der Waals surface area contributed by atoms with Gasteiger partial charge >= 0.3 is 0 Å². The van der Waals surface area contributed by atoms with Crippen LogP contribution in [-0.2, 0) is 11.3 Å². The van der Waals surface area contributed by atoms with E-state index in [0.717, 1.165) is 38.2 Å². The molecule has 24 heavy (non-hydrogen) atoms. The highest BCUT2D eigenvalue weighted by Crippen LogP contribution is 2.38. The van der Waals surface area contributed by atoms with Gasteiger partial charge in [0.1, 0.15) is 0 Å². The second-order valence-electron chi connectivity index (χ2n) is 6.37. The van der Waals surface area contributed by atoms with Gasteiger partial charge in [-0.05, 0) is 42.2 Å². The molecule has 1 aliphatic carbocycles. The third-order valence-electron chi connectivity index (χ3n) is 4.36. The highest BCUT2D eigenvalue weighted by Gasteiger charge is 2.42. The number of amides is 1. The van der Waals surface area contributed by atoms with Crippen molar-refractivity contribution in [2.75, 3.05) is 27.2 Å². The fourth-order valence-electron chi connectivity index (χ4n) is 3.14. The molecule has 0 spiro atoms. The molecule has 0 aliphatic heterocycles. The minimum Gasteiger partial charge on any atom is -0.357 e. The normalized spacial score (nSPS) is 16.4. The molecule has 2 N–H and O–H groups in total. The van der Waals surface area contributed by atoms with Crippen LogP contribution >= 0.6 is 35.3 Å². The summed E-state index contributed by atoms with van der Waals surface area (Å²) in [6.07, 6.45) is 4.18. The highest BCUT2D eigenvalue weighted by molar-refractivity contribution is 14.0. The van der Waals surface area contributed by atoms with Gasteiger partial charge in [0.05, 0.1) is 12.0 Å². The maximum absolute atomic E-state index is 12.6. The summed E-state index contributed by atoms with van der Waals surface area (Å²) in [5.74, 6) is 1.02. The summed E-state index contributed by atoms with van der Waals surface area (Å²) in [6, 6.07) is 2.09. The Morgan fingerprint density at radius 2 is 2.04 bits per heavy atom. The van der Waals surface area contributed by atoms with Gasteiger partial charge in [0.25, 0.3) is 0 Å². The number of hydrogen-bond donors (Lipinski definition) is 2. The standard InChI is InChI=1S/C17H28N4OS.HI/c1-4-18-16(19-11-14-7-10-23-12-14)20-13-17(8-5-6-9-17)15(22)21(2)3;/h7,10,12H,4-6,8-9,11,13H2,1-3H3,(H2,18,19,20);1H. The number of carbonyl (C=O) groups is 1. The minimum atomic E-state index is -0.276. The molecule has 0 aromatic carbocycles. The van der Waals surface area contributed by atoms with E-state index in [0.29, 0.717) is 13.1 Å². The van der Waals surface area contributed by atoms with Crippen LogP contribution in [0.4, 0.5) is 0 Å². The monoisotopic (exact) mass is 464 g/mol. The van der Waals surface area contributed by atoms with Gasteiger partial charge in [0, 0.05) is 27.2 Å². The number of carbonyl (C=O) groups excluding carboxylic acids is 1. The van der Waals surface area contributed by atoms with Crippen LogP contribution < -0.4 is 10.6 Å². The quantitative estimate of drug-likeness (QED) is 0.387. The van der Waals surface area contributed by atoms with E-state index in [1.165, 1.54) is 5.56 Å². The van der Waals surface area contributed by atoms with Crippen molar-refractivity contribution in [3.8, 4) is 0 Å². The minimum absolute atomic E-state index is 0. The zero-order chi connectivity index (χ0) is 16.7. The first-order valence-electron chi connectivity index (χ1n) is 8.32. The predicted octanol–water partition coefficient (Wildman–Crippen LogP) is 3.07. The van der Waals surface area contributed by atoms with E-state index in [1.807, 2.05) is 14.1 Å². The summed E-state index contributed by atoms with van der Waals surface area (Å²) in [6.45, 7) is 4.18. The molecule has 1 aromatic rings. The Labute approximate surface area is 166 Å². The maximum Gasteiger partial charge on any atom is 0.230 e. The van der Waals surface area contributed by atoms with E-state index in [2.05, 4.69) is 39.4 Å². The Hall–Kier alpha value is -0.830. The molecule has 5 nitrogen and oxygen atoms in total. The van der Waals surface area contributed by atoms with Crippen molar-refractivity contribution in [1.29, 1.82) is 0 Å². The Kier molecular flexibility index (Phi) is 9.04. The lowest BCUT2D eigenvalue weighted by molar-refractivity contribution is -0.138. The Morgan fingerprint density at radius 1 is 1.33 bits per heavy atom. The summed E-state index contributed by atoms with van der Waals surface area (Å²) in [5.41, 5.74) is 0.939. The second-order valence-corrected chi connectivity index (χ2v) is 7.15. The topological polar surface area (TPSA) is 56.7 Å². The summed E-state index contributed by atoms with van der Waals surface area (Å²) in [4.78, 5) is 19.0. The van der Waals surface area contributed by atoms with E-state index >= 15 is 0 Å². The molecule has 0 saturated heterocycles. The van der Waals surface area contributed by atoms with Gasteiger partial charge < -0.3 is 15.5 Å². The molecule has 136 valence electrons. The van der Waals surface area contributed by atoms with E-state index in [9.17, 15) is 4.79 Å². The fourth-order valence-corrected chi connectivity index (χ4v) is 3.80. The molecule has 1 aromatic heterocycles. The highest BCUT2D eigenvalue weighted by atomic mass is 127. The van der Waals surface area contributed by atoms with Crippen LogP contribution in [0.3, 0.4) is 0 Å². The molecule has 0 atom stereocenters. The molecule has 1 amide bonds. The summed E-state index contributed by atoms with van der Waals surface area (Å²) >= 11 is 1.68. The van der Waals surface area contributed by atoms with Gasteiger partial charge in [-0.15, -0.1) is 24.0 Å². The molecule has 0 bridgehead atoms. The van der Waals surface area contributed by atoms with E-state index in [4.69, 9.17) is 0 Å². The number of hydrogen-bond acceptors (Lipinski definition) is 3. The van der Waals surface area contributed by atoms with Gasteiger partial charge in [-0.1, -0.05) is 12.8 Å². The summed E-state index contributed by atoms with van der Waals surface area (Å²) in [5, 5.41) is 10.8. The van der Waals surface area contributed by atoms with E-state index in [1.54, 1.807) is 16.2 Å². The Morgan fingerprint density at radius 3 is 2.58 bits per heavy atom. The first-order chi connectivity index (χ1) is 11.1. The molecule has 2 rings (SSSR count). The smallest absolute Gasteiger partial charge is 0.230 e. The van der Waals surface area contributed by atoms with Crippen molar-refractivity contribution in [1.82, 2.24) is 15.5 Å². The fraction of sp³-hybridized carbons (Fsp3) is 0.647. The third-order valence-corrected chi connectivity index (χ3v) is 5.09. The van der Waals surface area contributed by atoms with Crippen LogP contribution in [0, 0.1) is 5.41 Å². The molecule has 1 saturated carbocycles. The summed E-state index contributed by atoms with van der Waals surface area (Å²) in [7, 11) is 3.69. The van der Waals surface area contributed by atoms with Gasteiger partial charge in [-0.25, -0.2) is 4.99 Å². The molecular formula is C17H29IN4OS. The van der Waals surface area contributed by atoms with Gasteiger partial charge in [0.15, 0.2) is 5.96 Å². The largest absolute Gasteiger partial charge is 0.357 e. The molecule has 7 heteroatoms. The number of thiophene rings is 1. The number of halogens is 1. The summed E-state index contributed by atoms with van der Waals surface area (Å²) < 4.78 is 0. The Bertz CT molecular complexity index is 525. The zero-order valence-corrected chi connectivity index (χ0v) is 17.9. The SMILES string of the molecule is CCNC(=NCc1ccsc1)NCC1(C(=O)N(C)C)CCCC1.I. The van der Waals surface area contributed by atoms with Crippen LogP contribution in [0.1, 0.15) is 38.2 Å². The zero-order valence-electron chi connectivity index (χ0n) is 14.8. The van der Waals surface area contributed by atoms with Crippen molar-refractivity contribution >= 4 is 47.2 Å². The van der Waals surface area contributed by atoms with Crippen molar-refractivity contribution < 1.29 is 4.79 Å². The molecule has 1 heterocycles. The maximum atomic E-state index is 12.6. The first kappa shape index (κ1) is 21.2. The molecule has 1 aliphatic rings. The number of nitrogens with one attached hydrogen (secondary N) is 2. The molecule has 0 radical (unpaired) electrons. The average Bonchev–Trinajstić information content (AvgIpc) is 3.21. The van der Waals surface area contributed by atoms with Gasteiger partial charge in [0.2, 0.25) is 5.91 Å². The predicted molar refractivity (Wildman–Crippen MR) is 112 cm³/mol. The van der Waals surface area contributed by atoms with Crippen LogP contribution in [0.25, 0.3) is 0 Å². The van der Waals surface area contributed by atoms with Crippen LogP contribution in [0.2, 0.25) is 0 Å². The first-order valence-corrected chi connectivity index (χ1v) is 9.27. The third kappa shape index (κ3) is 5.61. The van der Waals surface area contributed by atoms with Gasteiger partial charge in [-0.2, -0.15) is 11.3 Å². The lowest BCUT2D eigenvalue weighted by Gasteiger charge is -2.31. The van der Waals surface area contributed by atoms with Crippen molar-refractivity contribution in [2.24, 2.45) is 10.4 Å². The Balaban J connectivity index is 0.00000288. The van der Waals surface area contributed by atoms with Crippen LogP contribution in [0.15, 0.2) is 21.8 Å². The number of rotatable bonds is 6. The van der Waals surface area contributed by atoms with Gasteiger partial charge in [-0.3, -0.25) is 4.79 Å². The molecule has 0 unspecified atom stereocenters. The van der Waals surface area contributed by atoms with Crippen molar-refractivity contribution in [2.45, 2.75) is 39.2 Å². The van der Waals surface area contributed by atoms with Crippen molar-refractivity contribution in [3.05, 3.63) is 22.4 Å². The van der Waals surface area contributed by atoms with E-state index in [-0.39, 0.29) is 35.3 Å². The molecule has 1 fully saturated rings. The molecular weight excluding hydrogens is 435 g/mol. The van der Waals surface area contributed by atoms with Crippen LogP contribution in [-0.4, -0.2) is 44.0 Å². The van der Waals surface area contributed by atoms with Crippen molar-refractivity contribution in [3.63, 3.8) is 0 Å². The van der Waals surface area contributed by atoms with E-state index < -0.39 is 0 Å².